The van der Waals surface area contributed by atoms with E-state index in [4.69, 9.17) is 35.3 Å². The second kappa shape index (κ2) is 58.3. The summed E-state index contributed by atoms with van der Waals surface area (Å²) in [6.45, 7) is 21.0. The Balaban J connectivity index is 0.000000500. The molecule has 0 spiro atoms. The molecule has 0 bridgehead atoms. The van der Waals surface area contributed by atoms with E-state index in [-0.39, 0.29) is 142 Å². The number of ketones is 4. The van der Waals surface area contributed by atoms with Crippen LogP contribution in [-0.2, 0) is 133 Å². The number of pyridine rings is 2. The third-order valence-corrected chi connectivity index (χ3v) is 22.3. The summed E-state index contributed by atoms with van der Waals surface area (Å²) in [5.41, 5.74) is 21.9. The molecular formula is C100H139ClF3N7O17. The molecule has 0 unspecified atom stereocenters. The molecule has 704 valence electrons. The number of aryl methyl sites for hydroxylation is 4. The van der Waals surface area contributed by atoms with E-state index in [0.717, 1.165) is 141 Å². The minimum Gasteiger partial charge on any atom is -0.461 e. The molecule has 3 heterocycles. The molecule has 128 heavy (non-hydrogen) atoms. The number of nitrogens with one attached hydrogen (secondary N) is 2. The van der Waals surface area contributed by atoms with E-state index in [0.29, 0.717) is 74.5 Å². The number of carbonyl (C=O) groups is 13. The Hall–Kier alpha value is -10.3. The number of rotatable bonds is 55. The number of hydrogen-bond donors (Lipinski definition) is 4. The summed E-state index contributed by atoms with van der Waals surface area (Å²) in [6.07, 6.45) is 18.2. The second-order valence-corrected chi connectivity index (χ2v) is 35.1. The van der Waals surface area contributed by atoms with Crippen LogP contribution in [0.3, 0.4) is 0 Å². The highest BCUT2D eigenvalue weighted by molar-refractivity contribution is 6.02. The number of nitrogens with two attached hydrogens (primary N) is 2. The summed E-state index contributed by atoms with van der Waals surface area (Å²) in [6, 6.07) is 30.1. The van der Waals surface area contributed by atoms with E-state index in [1.54, 1.807) is 13.8 Å². The SMILES string of the molecule is CCCCCc1cc2c(CCCCCCC(=O)OCc3ccc(CC(=O)[C@H](C)NC(=O)[C@@H](CC(=O)CCCCCC(=O)OC(C)(C)C)C(C)C)cc3)cccc2nc1N.CCCCCc1cc2c(CCCCCCC(=O)OCc3ccc(CC(=O)[C@H](C)NC(=O)[C@@H](CC(=O)CCCCCC(=O)ON4C(=O)CCC4=O)C(C)C)cc3)cccc2nc1N.Cl.O=CC(F)(F)F. The molecule has 4 amide bonds. The van der Waals surface area contributed by atoms with Crippen molar-refractivity contribution >= 4 is 123 Å². The van der Waals surface area contributed by atoms with Crippen molar-refractivity contribution in [1.82, 2.24) is 25.7 Å². The Bertz CT molecular complexity index is 4550. The maximum atomic E-state index is 13.2. The normalized spacial score (nSPS) is 13.0. The van der Waals surface area contributed by atoms with Crippen LogP contribution in [-0.4, -0.2) is 116 Å². The van der Waals surface area contributed by atoms with Crippen LogP contribution < -0.4 is 22.1 Å². The van der Waals surface area contributed by atoms with Gasteiger partial charge in [0, 0.05) is 99.7 Å². The number of unbranched alkanes of at least 4 members (excludes halogenated alkanes) is 14. The summed E-state index contributed by atoms with van der Waals surface area (Å²) >= 11 is 0. The summed E-state index contributed by atoms with van der Waals surface area (Å²) in [7, 11) is 0. The van der Waals surface area contributed by atoms with Crippen molar-refractivity contribution < 1.29 is 94.5 Å². The second-order valence-electron chi connectivity index (χ2n) is 35.1. The molecule has 0 saturated carbocycles. The van der Waals surface area contributed by atoms with Gasteiger partial charge in [0.05, 0.1) is 23.1 Å². The fourth-order valence-electron chi connectivity index (χ4n) is 14.7. The zero-order valence-corrected chi connectivity index (χ0v) is 77.9. The first kappa shape index (κ1) is 110. The number of Topliss-reactive ketones (excluding diaryl/α,β-unsaturated/α-hetero) is 4. The van der Waals surface area contributed by atoms with Gasteiger partial charge in [-0.2, -0.15) is 13.2 Å². The van der Waals surface area contributed by atoms with Gasteiger partial charge in [0.1, 0.15) is 42.0 Å². The molecule has 1 aliphatic heterocycles. The van der Waals surface area contributed by atoms with Gasteiger partial charge in [0.25, 0.3) is 11.8 Å². The monoisotopic (exact) mass is 1800 g/mol. The Morgan fingerprint density at radius 3 is 1.14 bits per heavy atom. The highest BCUT2D eigenvalue weighted by atomic mass is 35.5. The van der Waals surface area contributed by atoms with Crippen LogP contribution in [0.2, 0.25) is 0 Å². The molecule has 2 aromatic heterocycles. The molecule has 6 aromatic rings. The lowest BCUT2D eigenvalue weighted by molar-refractivity contribution is -0.197. The maximum absolute atomic E-state index is 13.2. The number of carbonyl (C=O) groups excluding carboxylic acids is 13. The van der Waals surface area contributed by atoms with E-state index in [9.17, 15) is 70.7 Å². The Kier molecular flexibility index (Phi) is 50.1. The molecule has 0 aliphatic carbocycles. The molecule has 4 atom stereocenters. The molecule has 28 heteroatoms. The zero-order valence-electron chi connectivity index (χ0n) is 77.1. The highest BCUT2D eigenvalue weighted by Gasteiger charge is 2.34. The van der Waals surface area contributed by atoms with Crippen LogP contribution in [0.15, 0.2) is 97.1 Å². The molecule has 7 rings (SSSR count). The quantitative estimate of drug-likeness (QED) is 0.00906. The number of benzene rings is 4. The predicted molar refractivity (Wildman–Crippen MR) is 492 cm³/mol. The molecule has 24 nitrogen and oxygen atoms in total. The zero-order chi connectivity index (χ0) is 93.6. The Labute approximate surface area is 760 Å². The van der Waals surface area contributed by atoms with Crippen LogP contribution >= 0.6 is 12.4 Å². The number of hydrogen-bond acceptors (Lipinski definition) is 21. The summed E-state index contributed by atoms with van der Waals surface area (Å²) in [4.78, 5) is 173. The summed E-state index contributed by atoms with van der Waals surface area (Å²) in [5.74, 6) is -3.54. The number of nitrogen functional groups attached to an aromatic ring is 2. The number of anilines is 2. The molecule has 6 N–H and O–H groups in total. The molecule has 1 aliphatic rings. The number of imide groups is 1. The van der Waals surface area contributed by atoms with Gasteiger partial charge in [0.2, 0.25) is 18.1 Å². The lowest BCUT2D eigenvalue weighted by Gasteiger charge is -2.22. The topological polar surface area (TPSA) is 364 Å². The van der Waals surface area contributed by atoms with E-state index < -0.39 is 59.8 Å². The van der Waals surface area contributed by atoms with E-state index in [1.165, 1.54) is 47.6 Å². The van der Waals surface area contributed by atoms with E-state index in [1.807, 2.05) is 121 Å². The average Bonchev–Trinajstić information content (AvgIpc) is 0.882. The van der Waals surface area contributed by atoms with Gasteiger partial charge in [-0.15, -0.1) is 17.5 Å². The predicted octanol–water partition coefficient (Wildman–Crippen LogP) is 19.3. The van der Waals surface area contributed by atoms with Gasteiger partial charge in [-0.05, 0) is 205 Å². The fourth-order valence-corrected chi connectivity index (χ4v) is 14.7. The Morgan fingerprint density at radius 2 is 0.781 bits per heavy atom. The fraction of sp³-hybridized carbons (Fsp3) is 0.570. The van der Waals surface area contributed by atoms with Crippen LogP contribution in [0, 0.1) is 23.7 Å². The number of ether oxygens (including phenoxy) is 3. The maximum Gasteiger partial charge on any atom is 0.446 e. The minimum atomic E-state index is -4.64. The average molecular weight is 1800 g/mol. The molecule has 4 aromatic carbocycles. The van der Waals surface area contributed by atoms with Crippen molar-refractivity contribution in [1.29, 1.82) is 0 Å². The van der Waals surface area contributed by atoms with Crippen LogP contribution in [0.4, 0.5) is 24.8 Å². The number of aromatic nitrogens is 2. The lowest BCUT2D eigenvalue weighted by Crippen LogP contribution is -2.44. The van der Waals surface area contributed by atoms with Crippen LogP contribution in [0.25, 0.3) is 21.8 Å². The van der Waals surface area contributed by atoms with Gasteiger partial charge in [-0.25, -0.2) is 14.8 Å². The van der Waals surface area contributed by atoms with Gasteiger partial charge in [0.15, 0.2) is 11.6 Å². The third-order valence-electron chi connectivity index (χ3n) is 22.3. The number of halogens is 4. The third kappa shape index (κ3) is 42.7. The van der Waals surface area contributed by atoms with Crippen LogP contribution in [0.5, 0.6) is 0 Å². The number of alkyl halides is 3. The minimum absolute atomic E-state index is 0. The number of nitrogens with zero attached hydrogens (tertiary/aromatic N) is 3. The molecule has 1 saturated heterocycles. The highest BCUT2D eigenvalue weighted by Crippen LogP contribution is 2.30. The first-order valence-corrected chi connectivity index (χ1v) is 45.7. The van der Waals surface area contributed by atoms with Gasteiger partial charge in [-0.3, -0.25) is 57.5 Å². The van der Waals surface area contributed by atoms with Gasteiger partial charge in [-0.1, -0.05) is 179 Å². The molecule has 1 fully saturated rings. The smallest absolute Gasteiger partial charge is 0.446 e. The van der Waals surface area contributed by atoms with Crippen LogP contribution in [0.1, 0.15) is 313 Å². The van der Waals surface area contributed by atoms with Crippen molar-refractivity contribution in [2.75, 3.05) is 11.5 Å². The molecule has 0 radical (unpaired) electrons. The first-order valence-electron chi connectivity index (χ1n) is 45.7. The largest absolute Gasteiger partial charge is 0.461 e. The standard InChI is InChI=1S/C49H66N4O9.C49H71N3O7.C2HF3O.ClH/c1-5-6-10-17-38-30-41-37(18-15-20-42(41)52-48(38)50)16-11-7-8-13-21-46(58)61-32-36-25-23-35(24-26-36)29-43(55)34(4)51-49(60)40(33(2)3)31-39(54)19-12-9-14-22-47(59)62-53-44(56)27-28-45(53)57;1-8-9-13-20-39-31-42-38(21-18-23-43(42)52-47(39)50)19-14-10-11-16-24-45(55)58-33-37-28-26-36(27-29-37)30-44(54)35(4)51-48(57)41(34(2)3)32-40(53)22-15-12-17-25-46(56)59-49(5,6)7;3-2(4,5)1-6;/h15,18,20,23-26,30,33-34,40H,5-14,16-17,19,21-22,27-29,31-32H2,1-4H3,(H2,50,52)(H,51,60);18,21,23,26-29,31,34-35,41H,8-17,19-20,22,24-25,30,32-33H2,1-7H3,(H2,50,52)(H,51,57);1H;1H/t34-,40-;35-,41-;;/m00../s1. The number of hydroxylamine groups is 2. The summed E-state index contributed by atoms with van der Waals surface area (Å²) in [5, 5.41) is 8.53. The van der Waals surface area contributed by atoms with Crippen molar-refractivity contribution in [2.45, 2.75) is 344 Å². The van der Waals surface area contributed by atoms with Crippen molar-refractivity contribution in [3.05, 3.63) is 142 Å². The number of esters is 3. The van der Waals surface area contributed by atoms with Crippen molar-refractivity contribution in [2.24, 2.45) is 23.7 Å². The van der Waals surface area contributed by atoms with Gasteiger partial charge < -0.3 is 41.1 Å². The lowest BCUT2D eigenvalue weighted by atomic mass is 9.88. The summed E-state index contributed by atoms with van der Waals surface area (Å²) < 4.78 is 47.6. The number of amides is 4. The van der Waals surface area contributed by atoms with E-state index in [2.05, 4.69) is 58.7 Å². The molecular weight excluding hydrogens is 1660 g/mol. The Morgan fingerprint density at radius 1 is 0.453 bits per heavy atom. The van der Waals surface area contributed by atoms with E-state index >= 15 is 0 Å². The van der Waals surface area contributed by atoms with Crippen molar-refractivity contribution in [3.63, 3.8) is 0 Å². The first-order chi connectivity index (χ1) is 60.4. The number of fused-ring (bicyclic) bond motifs is 2. The van der Waals surface area contributed by atoms with Gasteiger partial charge >= 0.3 is 30.1 Å². The number of aldehydes is 1. The van der Waals surface area contributed by atoms with Crippen molar-refractivity contribution in [3.8, 4) is 0 Å².